The molecule has 1 N–H and O–H groups in total. The summed E-state index contributed by atoms with van der Waals surface area (Å²) < 4.78 is 5.52. The molecule has 0 spiro atoms. The molecule has 160 valence electrons. The molecular formula is C23H35N3O3. The highest BCUT2D eigenvalue weighted by Gasteiger charge is 2.35. The van der Waals surface area contributed by atoms with Crippen LogP contribution in [0.2, 0.25) is 0 Å². The van der Waals surface area contributed by atoms with Crippen molar-refractivity contribution >= 4 is 11.9 Å². The summed E-state index contributed by atoms with van der Waals surface area (Å²) in [5, 5.41) is 3.14. The number of likely N-dealkylation sites (tertiary alicyclic amines) is 1. The van der Waals surface area contributed by atoms with Crippen LogP contribution in [0.25, 0.3) is 0 Å². The first-order valence-corrected chi connectivity index (χ1v) is 11.0. The van der Waals surface area contributed by atoms with E-state index in [1.54, 1.807) is 0 Å². The van der Waals surface area contributed by atoms with Crippen molar-refractivity contribution in [1.82, 2.24) is 15.1 Å². The van der Waals surface area contributed by atoms with Gasteiger partial charge in [0.15, 0.2) is 0 Å². The van der Waals surface area contributed by atoms with Crippen molar-refractivity contribution in [3.8, 4) is 0 Å². The Morgan fingerprint density at radius 2 is 1.69 bits per heavy atom. The Morgan fingerprint density at radius 1 is 1.07 bits per heavy atom. The first-order valence-electron chi connectivity index (χ1n) is 11.0. The van der Waals surface area contributed by atoms with E-state index in [1.165, 1.54) is 5.56 Å². The summed E-state index contributed by atoms with van der Waals surface area (Å²) in [5.74, 6) is 0.243. The minimum absolute atomic E-state index is 0.0273. The number of nitrogens with one attached hydrogen (secondary N) is 1. The van der Waals surface area contributed by atoms with E-state index < -0.39 is 0 Å². The number of amides is 3. The summed E-state index contributed by atoms with van der Waals surface area (Å²) in [6.07, 6.45) is 4.30. The lowest BCUT2D eigenvalue weighted by Gasteiger charge is -2.43. The topological polar surface area (TPSA) is 61.9 Å². The third-order valence-electron chi connectivity index (χ3n) is 6.01. The summed E-state index contributed by atoms with van der Waals surface area (Å²) in [6, 6.07) is 10.7. The maximum atomic E-state index is 13.1. The molecule has 2 aliphatic rings. The first kappa shape index (κ1) is 21.6. The average Bonchev–Trinajstić information content (AvgIpc) is 2.75. The number of piperidine rings is 1. The lowest BCUT2D eigenvalue weighted by molar-refractivity contribution is -0.136. The molecular weight excluding hydrogens is 366 g/mol. The van der Waals surface area contributed by atoms with Crippen LogP contribution in [-0.4, -0.2) is 66.7 Å². The highest BCUT2D eigenvalue weighted by molar-refractivity contribution is 5.78. The molecule has 2 heterocycles. The molecule has 0 radical (unpaired) electrons. The monoisotopic (exact) mass is 401 g/mol. The third-order valence-corrected chi connectivity index (χ3v) is 6.01. The molecule has 0 aromatic heterocycles. The maximum absolute atomic E-state index is 13.1. The number of nitrogens with zero attached hydrogens (tertiary/aromatic N) is 2. The van der Waals surface area contributed by atoms with E-state index in [2.05, 4.69) is 22.3 Å². The zero-order valence-corrected chi connectivity index (χ0v) is 17.8. The van der Waals surface area contributed by atoms with E-state index >= 15 is 0 Å². The van der Waals surface area contributed by atoms with Gasteiger partial charge < -0.3 is 19.9 Å². The van der Waals surface area contributed by atoms with Gasteiger partial charge in [0, 0.05) is 50.8 Å². The number of carbonyl (C=O) groups is 2. The standard InChI is InChI=1S/C23H35N3O3/c1-18(2)22(27)25-14-9-20(10-15-25)26(21-11-16-29-17-12-21)23(28)24-13-8-19-6-4-3-5-7-19/h3-7,18,20-21H,8-17H2,1-2H3,(H,24,28). The molecule has 1 aromatic carbocycles. The van der Waals surface area contributed by atoms with Gasteiger partial charge >= 0.3 is 6.03 Å². The summed E-state index contributed by atoms with van der Waals surface area (Å²) >= 11 is 0. The van der Waals surface area contributed by atoms with Gasteiger partial charge in [0.05, 0.1) is 0 Å². The van der Waals surface area contributed by atoms with E-state index in [0.29, 0.717) is 19.8 Å². The molecule has 0 unspecified atom stereocenters. The number of benzene rings is 1. The molecule has 0 bridgehead atoms. The predicted octanol–water partition coefficient (Wildman–Crippen LogP) is 3.07. The second kappa shape index (κ2) is 10.6. The second-order valence-corrected chi connectivity index (χ2v) is 8.43. The summed E-state index contributed by atoms with van der Waals surface area (Å²) in [4.78, 5) is 29.5. The molecule has 0 saturated carbocycles. The summed E-state index contributed by atoms with van der Waals surface area (Å²) in [6.45, 7) is 7.42. The molecule has 3 rings (SSSR count). The van der Waals surface area contributed by atoms with Gasteiger partial charge in [0.1, 0.15) is 0 Å². The Hall–Kier alpha value is -2.08. The highest BCUT2D eigenvalue weighted by atomic mass is 16.5. The van der Waals surface area contributed by atoms with Crippen molar-refractivity contribution in [2.24, 2.45) is 5.92 Å². The SMILES string of the molecule is CC(C)C(=O)N1CCC(N(C(=O)NCCc2ccccc2)C2CCOCC2)CC1. The Bertz CT molecular complexity index is 651. The molecule has 29 heavy (non-hydrogen) atoms. The van der Waals surface area contributed by atoms with E-state index in [1.807, 2.05) is 36.9 Å². The lowest BCUT2D eigenvalue weighted by atomic mass is 9.97. The number of ether oxygens (including phenoxy) is 1. The van der Waals surface area contributed by atoms with Crippen molar-refractivity contribution in [3.05, 3.63) is 35.9 Å². The Morgan fingerprint density at radius 3 is 2.31 bits per heavy atom. The second-order valence-electron chi connectivity index (χ2n) is 8.43. The van der Waals surface area contributed by atoms with Crippen LogP contribution in [0.3, 0.4) is 0 Å². The Kier molecular flexibility index (Phi) is 7.92. The van der Waals surface area contributed by atoms with Crippen LogP contribution in [0.15, 0.2) is 30.3 Å². The molecule has 3 amide bonds. The van der Waals surface area contributed by atoms with E-state index in [0.717, 1.165) is 45.2 Å². The van der Waals surface area contributed by atoms with E-state index in [-0.39, 0.29) is 29.9 Å². The predicted molar refractivity (Wildman–Crippen MR) is 114 cm³/mol. The largest absolute Gasteiger partial charge is 0.381 e. The van der Waals surface area contributed by atoms with Gasteiger partial charge in [-0.3, -0.25) is 4.79 Å². The van der Waals surface area contributed by atoms with Crippen LogP contribution in [0.4, 0.5) is 4.79 Å². The number of urea groups is 1. The summed E-state index contributed by atoms with van der Waals surface area (Å²) in [7, 11) is 0. The molecule has 2 fully saturated rings. The van der Waals surface area contributed by atoms with Crippen molar-refractivity contribution in [2.45, 2.75) is 58.0 Å². The molecule has 2 saturated heterocycles. The Labute approximate surface area is 174 Å². The van der Waals surface area contributed by atoms with Crippen molar-refractivity contribution in [2.75, 3.05) is 32.8 Å². The van der Waals surface area contributed by atoms with E-state index in [4.69, 9.17) is 4.74 Å². The van der Waals surface area contributed by atoms with Gasteiger partial charge in [-0.15, -0.1) is 0 Å². The van der Waals surface area contributed by atoms with Crippen LogP contribution < -0.4 is 5.32 Å². The fourth-order valence-corrected chi connectivity index (χ4v) is 4.37. The minimum Gasteiger partial charge on any atom is -0.381 e. The quantitative estimate of drug-likeness (QED) is 0.797. The van der Waals surface area contributed by atoms with Crippen molar-refractivity contribution in [3.63, 3.8) is 0 Å². The van der Waals surface area contributed by atoms with Gasteiger partial charge in [-0.05, 0) is 37.7 Å². The van der Waals surface area contributed by atoms with Crippen LogP contribution in [0.1, 0.15) is 45.1 Å². The third kappa shape index (κ3) is 5.95. The van der Waals surface area contributed by atoms with Crippen LogP contribution in [-0.2, 0) is 16.0 Å². The maximum Gasteiger partial charge on any atom is 0.317 e. The molecule has 6 heteroatoms. The van der Waals surface area contributed by atoms with Gasteiger partial charge in [-0.25, -0.2) is 4.79 Å². The molecule has 1 aromatic rings. The van der Waals surface area contributed by atoms with Crippen LogP contribution in [0.5, 0.6) is 0 Å². The number of hydrogen-bond acceptors (Lipinski definition) is 3. The van der Waals surface area contributed by atoms with Crippen LogP contribution in [0, 0.1) is 5.92 Å². The highest BCUT2D eigenvalue weighted by Crippen LogP contribution is 2.24. The van der Waals surface area contributed by atoms with Crippen molar-refractivity contribution in [1.29, 1.82) is 0 Å². The summed E-state index contributed by atoms with van der Waals surface area (Å²) in [5.41, 5.74) is 1.23. The van der Waals surface area contributed by atoms with Gasteiger partial charge in [-0.2, -0.15) is 0 Å². The zero-order valence-electron chi connectivity index (χ0n) is 17.8. The fourth-order valence-electron chi connectivity index (χ4n) is 4.37. The van der Waals surface area contributed by atoms with Gasteiger partial charge in [0.2, 0.25) is 5.91 Å². The number of hydrogen-bond donors (Lipinski definition) is 1. The van der Waals surface area contributed by atoms with Crippen molar-refractivity contribution < 1.29 is 14.3 Å². The normalized spacial score (nSPS) is 18.7. The lowest BCUT2D eigenvalue weighted by Crippen LogP contribution is -2.56. The van der Waals surface area contributed by atoms with E-state index in [9.17, 15) is 9.59 Å². The van der Waals surface area contributed by atoms with Gasteiger partial charge in [-0.1, -0.05) is 44.2 Å². The first-order chi connectivity index (χ1) is 14.1. The fraction of sp³-hybridized carbons (Fsp3) is 0.652. The molecule has 0 atom stereocenters. The number of rotatable bonds is 6. The van der Waals surface area contributed by atoms with Gasteiger partial charge in [0.25, 0.3) is 0 Å². The smallest absolute Gasteiger partial charge is 0.317 e. The average molecular weight is 402 g/mol. The minimum atomic E-state index is 0.0273. The Balaban J connectivity index is 1.59. The molecule has 0 aliphatic carbocycles. The molecule has 6 nitrogen and oxygen atoms in total. The number of carbonyl (C=O) groups excluding carboxylic acids is 2. The zero-order chi connectivity index (χ0) is 20.6. The van der Waals surface area contributed by atoms with Crippen LogP contribution >= 0.6 is 0 Å². The molecule has 2 aliphatic heterocycles.